The smallest absolute Gasteiger partial charge is 0.0242 e. The molecule has 0 amide bonds. The van der Waals surface area contributed by atoms with Crippen molar-refractivity contribution in [2.45, 2.75) is 110 Å². The van der Waals surface area contributed by atoms with Crippen molar-refractivity contribution in [3.8, 4) is 12.3 Å². The Bertz CT molecular complexity index is 997. The molecule has 170 valence electrons. The van der Waals surface area contributed by atoms with Gasteiger partial charge in [0.25, 0.3) is 0 Å². The van der Waals surface area contributed by atoms with Crippen LogP contribution in [-0.2, 0) is 5.41 Å². The Balaban J connectivity index is 1.39. The van der Waals surface area contributed by atoms with Gasteiger partial charge in [0.05, 0.1) is 0 Å². The number of rotatable bonds is 2. The largest absolute Gasteiger partial charge is 0.115 e. The van der Waals surface area contributed by atoms with E-state index in [0.717, 1.165) is 11.5 Å². The summed E-state index contributed by atoms with van der Waals surface area (Å²) in [7, 11) is 0. The molecular weight excluding hydrogens is 384 g/mol. The van der Waals surface area contributed by atoms with E-state index < -0.39 is 0 Å². The molecule has 4 unspecified atom stereocenters. The molecule has 8 aliphatic carbocycles. The molecule has 0 nitrogen and oxygen atoms in total. The molecule has 1 aromatic carbocycles. The van der Waals surface area contributed by atoms with Crippen molar-refractivity contribution in [3.63, 3.8) is 0 Å². The lowest BCUT2D eigenvalue weighted by Crippen LogP contribution is -2.69. The highest BCUT2D eigenvalue weighted by Crippen LogP contribution is 2.83. The Hall–Kier alpha value is -1.22. The maximum absolute atomic E-state index is 5.71. The highest BCUT2D eigenvalue weighted by atomic mass is 14.8. The van der Waals surface area contributed by atoms with Crippen molar-refractivity contribution >= 4 is 0 Å². The fourth-order valence-electron chi connectivity index (χ4n) is 13.5. The standard InChI is InChI=1S/C32H42/c1-6-23-7-9-25(10-8-23)30-16-28(4)15-29(5,17-30)21-32(20-28,22-30)31-13-24-11-26(2,18-31)14-27(3,12-24)19-31/h1,7-10,24H,11-22H2,2-5H3. The van der Waals surface area contributed by atoms with Gasteiger partial charge >= 0.3 is 0 Å². The van der Waals surface area contributed by atoms with Crippen LogP contribution in [0.5, 0.6) is 0 Å². The zero-order chi connectivity index (χ0) is 22.3. The molecule has 0 saturated heterocycles. The second-order valence-corrected chi connectivity index (χ2v) is 15.9. The van der Waals surface area contributed by atoms with Crippen molar-refractivity contribution < 1.29 is 0 Å². The normalized spacial score (nSPS) is 57.0. The van der Waals surface area contributed by atoms with Gasteiger partial charge in [-0.25, -0.2) is 0 Å². The number of hydrogen-bond acceptors (Lipinski definition) is 0. The summed E-state index contributed by atoms with van der Waals surface area (Å²) in [6.45, 7) is 10.7. The second-order valence-electron chi connectivity index (χ2n) is 15.9. The lowest BCUT2D eigenvalue weighted by Gasteiger charge is -2.78. The van der Waals surface area contributed by atoms with E-state index >= 15 is 0 Å². The summed E-state index contributed by atoms with van der Waals surface area (Å²) in [5.74, 6) is 3.85. The monoisotopic (exact) mass is 426 g/mol. The first kappa shape index (κ1) is 20.2. The zero-order valence-corrected chi connectivity index (χ0v) is 20.9. The molecule has 8 aliphatic rings. The van der Waals surface area contributed by atoms with Gasteiger partial charge in [0, 0.05) is 5.56 Å². The molecule has 0 N–H and O–H groups in total. The van der Waals surface area contributed by atoms with Crippen LogP contribution in [0, 0.1) is 50.8 Å². The van der Waals surface area contributed by atoms with Crippen LogP contribution >= 0.6 is 0 Å². The summed E-state index contributed by atoms with van der Waals surface area (Å²) >= 11 is 0. The molecule has 0 aromatic heterocycles. The molecule has 0 aliphatic heterocycles. The number of benzene rings is 1. The number of hydrogen-bond donors (Lipinski definition) is 0. The molecule has 4 atom stereocenters. The molecule has 8 fully saturated rings. The van der Waals surface area contributed by atoms with Gasteiger partial charge in [-0.2, -0.15) is 0 Å². The molecule has 9 rings (SSSR count). The third-order valence-electron chi connectivity index (χ3n) is 12.0. The van der Waals surface area contributed by atoms with Crippen molar-refractivity contribution in [1.29, 1.82) is 0 Å². The quantitative estimate of drug-likeness (QED) is 0.417. The Morgan fingerprint density at radius 3 is 1.69 bits per heavy atom. The van der Waals surface area contributed by atoms with Crippen LogP contribution in [0.15, 0.2) is 24.3 Å². The van der Waals surface area contributed by atoms with Gasteiger partial charge in [-0.1, -0.05) is 45.7 Å². The summed E-state index contributed by atoms with van der Waals surface area (Å²) in [6.07, 6.45) is 23.6. The molecular formula is C32H42. The summed E-state index contributed by atoms with van der Waals surface area (Å²) < 4.78 is 0. The summed E-state index contributed by atoms with van der Waals surface area (Å²) in [4.78, 5) is 0. The van der Waals surface area contributed by atoms with E-state index in [0.29, 0.717) is 37.9 Å². The van der Waals surface area contributed by atoms with E-state index in [1.807, 2.05) is 0 Å². The van der Waals surface area contributed by atoms with E-state index in [4.69, 9.17) is 6.42 Å². The minimum atomic E-state index is 0.372. The molecule has 32 heavy (non-hydrogen) atoms. The molecule has 1 aromatic rings. The van der Waals surface area contributed by atoms with Crippen molar-refractivity contribution in [3.05, 3.63) is 35.4 Å². The first-order chi connectivity index (χ1) is 14.9. The molecule has 0 heterocycles. The number of terminal acetylenes is 1. The topological polar surface area (TPSA) is 0 Å². The van der Waals surface area contributed by atoms with Crippen LogP contribution in [0.2, 0.25) is 0 Å². The summed E-state index contributed by atoms with van der Waals surface area (Å²) in [6, 6.07) is 9.28. The van der Waals surface area contributed by atoms with Gasteiger partial charge in [0.1, 0.15) is 0 Å². The van der Waals surface area contributed by atoms with E-state index in [-0.39, 0.29) is 0 Å². The van der Waals surface area contributed by atoms with Gasteiger partial charge in [-0.05, 0) is 139 Å². The van der Waals surface area contributed by atoms with E-state index in [1.165, 1.54) is 70.6 Å². The third-order valence-corrected chi connectivity index (χ3v) is 12.0. The molecule has 0 heteroatoms. The van der Waals surface area contributed by atoms with E-state index in [9.17, 15) is 0 Å². The van der Waals surface area contributed by atoms with Crippen molar-refractivity contribution in [2.24, 2.45) is 38.4 Å². The van der Waals surface area contributed by atoms with Crippen molar-refractivity contribution in [1.82, 2.24) is 0 Å². The molecule has 0 radical (unpaired) electrons. The fraction of sp³-hybridized carbons (Fsp3) is 0.750. The van der Waals surface area contributed by atoms with Crippen LogP contribution in [0.1, 0.15) is 116 Å². The lowest BCUT2D eigenvalue weighted by atomic mass is 9.26. The van der Waals surface area contributed by atoms with Gasteiger partial charge in [0.15, 0.2) is 0 Å². The van der Waals surface area contributed by atoms with E-state index in [2.05, 4.69) is 57.9 Å². The minimum absolute atomic E-state index is 0.372. The van der Waals surface area contributed by atoms with Gasteiger partial charge in [-0.15, -0.1) is 6.42 Å². The maximum Gasteiger partial charge on any atom is 0.0242 e. The SMILES string of the molecule is C#Cc1ccc(C23CC4(C)CC(C)(C2)CC(C25CC6CC(C)(CC(C)(C6)C2)C5)(C4)C3)cc1. The molecule has 0 spiro atoms. The predicted molar refractivity (Wildman–Crippen MR) is 132 cm³/mol. The first-order valence-corrected chi connectivity index (χ1v) is 13.5. The zero-order valence-electron chi connectivity index (χ0n) is 20.9. The average Bonchev–Trinajstić information content (AvgIpc) is 2.62. The van der Waals surface area contributed by atoms with Crippen LogP contribution in [0.25, 0.3) is 0 Å². The molecule has 8 saturated carbocycles. The summed E-state index contributed by atoms with van der Waals surface area (Å²) in [5.41, 5.74) is 6.42. The Labute approximate surface area is 196 Å². The average molecular weight is 427 g/mol. The third kappa shape index (κ3) is 2.47. The highest BCUT2D eigenvalue weighted by molar-refractivity contribution is 5.40. The molecule has 8 bridgehead atoms. The Kier molecular flexibility index (Phi) is 3.49. The maximum atomic E-state index is 5.71. The van der Waals surface area contributed by atoms with Crippen molar-refractivity contribution in [2.75, 3.05) is 0 Å². The van der Waals surface area contributed by atoms with Crippen LogP contribution in [0.4, 0.5) is 0 Å². The van der Waals surface area contributed by atoms with Crippen LogP contribution in [0.3, 0.4) is 0 Å². The van der Waals surface area contributed by atoms with Gasteiger partial charge in [0.2, 0.25) is 0 Å². The Morgan fingerprint density at radius 2 is 1.16 bits per heavy atom. The van der Waals surface area contributed by atoms with Crippen LogP contribution in [-0.4, -0.2) is 0 Å². The van der Waals surface area contributed by atoms with Gasteiger partial charge < -0.3 is 0 Å². The Morgan fingerprint density at radius 1 is 0.625 bits per heavy atom. The first-order valence-electron chi connectivity index (χ1n) is 13.5. The van der Waals surface area contributed by atoms with Crippen LogP contribution < -0.4 is 0 Å². The lowest BCUT2D eigenvalue weighted by molar-refractivity contribution is -0.270. The predicted octanol–water partition coefficient (Wildman–Crippen LogP) is 8.28. The summed E-state index contributed by atoms with van der Waals surface area (Å²) in [5, 5.41) is 0. The van der Waals surface area contributed by atoms with Gasteiger partial charge in [-0.3, -0.25) is 0 Å². The van der Waals surface area contributed by atoms with E-state index in [1.54, 1.807) is 12.0 Å². The fourth-order valence-corrected chi connectivity index (χ4v) is 13.5. The highest BCUT2D eigenvalue weighted by Gasteiger charge is 2.74. The minimum Gasteiger partial charge on any atom is -0.115 e. The second kappa shape index (κ2) is 5.53.